The van der Waals surface area contributed by atoms with Crippen molar-refractivity contribution in [1.82, 2.24) is 25.0 Å². The van der Waals surface area contributed by atoms with E-state index < -0.39 is 0 Å². The van der Waals surface area contributed by atoms with Crippen LogP contribution in [0.3, 0.4) is 0 Å². The molecule has 25 heavy (non-hydrogen) atoms. The third-order valence-electron chi connectivity index (χ3n) is 5.71. The summed E-state index contributed by atoms with van der Waals surface area (Å²) in [7, 11) is 0. The molecule has 0 unspecified atom stereocenters. The van der Waals surface area contributed by atoms with Crippen LogP contribution in [0.1, 0.15) is 57.7 Å². The molecule has 2 aliphatic rings. The summed E-state index contributed by atoms with van der Waals surface area (Å²) in [5, 5.41) is 13.7. The molecule has 0 atom stereocenters. The van der Waals surface area contributed by atoms with Crippen LogP contribution in [-0.4, -0.2) is 31.0 Å². The standard InChI is InChI=1S/C19H24N6/c1-12(2)25-16-11-24(13-6-4-3-5-7-13)19-17-15(8-9-20-19)22-23-18(17)14(16)10-21-25/h8-10,12-13H,3-7,11H2,1-2H3,(H,22,23). The Kier molecular flexibility index (Phi) is 3.33. The highest BCUT2D eigenvalue weighted by atomic mass is 15.3. The number of aromatic amines is 1. The van der Waals surface area contributed by atoms with Gasteiger partial charge in [-0.15, -0.1) is 0 Å². The van der Waals surface area contributed by atoms with Crippen molar-refractivity contribution < 1.29 is 0 Å². The average Bonchev–Trinajstić information content (AvgIpc) is 3.20. The lowest BCUT2D eigenvalue weighted by atomic mass is 9.94. The molecule has 1 N–H and O–H groups in total. The van der Waals surface area contributed by atoms with E-state index in [1.807, 2.05) is 18.5 Å². The number of pyridine rings is 1. The van der Waals surface area contributed by atoms with Crippen molar-refractivity contribution in [2.75, 3.05) is 4.90 Å². The Hall–Kier alpha value is -2.37. The number of hydrogen-bond acceptors (Lipinski definition) is 4. The molecule has 3 aromatic heterocycles. The molecular weight excluding hydrogens is 312 g/mol. The average molecular weight is 336 g/mol. The number of nitrogens with one attached hydrogen (secondary N) is 1. The van der Waals surface area contributed by atoms with E-state index in [-0.39, 0.29) is 0 Å². The lowest BCUT2D eigenvalue weighted by Gasteiger charge is -2.35. The van der Waals surface area contributed by atoms with Gasteiger partial charge in [-0.2, -0.15) is 10.2 Å². The Morgan fingerprint density at radius 3 is 2.84 bits per heavy atom. The van der Waals surface area contributed by atoms with E-state index in [4.69, 9.17) is 4.98 Å². The highest BCUT2D eigenvalue weighted by Crippen LogP contribution is 2.41. The van der Waals surface area contributed by atoms with E-state index >= 15 is 0 Å². The third-order valence-corrected chi connectivity index (χ3v) is 5.71. The fourth-order valence-electron chi connectivity index (χ4n) is 4.48. The summed E-state index contributed by atoms with van der Waals surface area (Å²) >= 11 is 0. The number of rotatable bonds is 2. The largest absolute Gasteiger partial charge is 0.347 e. The zero-order valence-corrected chi connectivity index (χ0v) is 14.9. The Morgan fingerprint density at radius 1 is 1.20 bits per heavy atom. The summed E-state index contributed by atoms with van der Waals surface area (Å²) < 4.78 is 2.15. The minimum absolute atomic E-state index is 0.334. The molecule has 0 spiro atoms. The molecule has 0 amide bonds. The number of anilines is 1. The van der Waals surface area contributed by atoms with Crippen LogP contribution in [0.15, 0.2) is 18.5 Å². The monoisotopic (exact) mass is 336 g/mol. The summed E-state index contributed by atoms with van der Waals surface area (Å²) in [6, 6.07) is 2.91. The van der Waals surface area contributed by atoms with Crippen molar-refractivity contribution in [1.29, 1.82) is 0 Å². The number of hydrogen-bond donors (Lipinski definition) is 1. The lowest BCUT2D eigenvalue weighted by Crippen LogP contribution is -2.37. The molecule has 6 nitrogen and oxygen atoms in total. The van der Waals surface area contributed by atoms with Crippen molar-refractivity contribution in [2.45, 2.75) is 64.6 Å². The first-order valence-electron chi connectivity index (χ1n) is 9.40. The molecule has 130 valence electrons. The molecule has 4 heterocycles. The maximum Gasteiger partial charge on any atom is 0.140 e. The molecule has 1 aliphatic carbocycles. The van der Waals surface area contributed by atoms with Gasteiger partial charge in [0.05, 0.1) is 29.3 Å². The van der Waals surface area contributed by atoms with Gasteiger partial charge in [-0.05, 0) is 32.8 Å². The van der Waals surface area contributed by atoms with Crippen LogP contribution in [0, 0.1) is 0 Å². The summed E-state index contributed by atoms with van der Waals surface area (Å²) in [6.07, 6.45) is 10.4. The highest BCUT2D eigenvalue weighted by Gasteiger charge is 2.32. The molecule has 1 aliphatic heterocycles. The van der Waals surface area contributed by atoms with Crippen LogP contribution in [0.2, 0.25) is 0 Å². The van der Waals surface area contributed by atoms with Gasteiger partial charge in [0.25, 0.3) is 0 Å². The minimum Gasteiger partial charge on any atom is -0.347 e. The van der Waals surface area contributed by atoms with Gasteiger partial charge in [0.1, 0.15) is 11.5 Å². The van der Waals surface area contributed by atoms with Crippen LogP contribution in [0.5, 0.6) is 0 Å². The predicted molar refractivity (Wildman–Crippen MR) is 98.6 cm³/mol. The maximum atomic E-state index is 4.80. The Morgan fingerprint density at radius 2 is 2.04 bits per heavy atom. The first-order chi connectivity index (χ1) is 12.2. The topological polar surface area (TPSA) is 62.6 Å². The van der Waals surface area contributed by atoms with Crippen LogP contribution in [-0.2, 0) is 6.54 Å². The zero-order chi connectivity index (χ0) is 17.0. The van der Waals surface area contributed by atoms with Gasteiger partial charge >= 0.3 is 0 Å². The fraction of sp³-hybridized carbons (Fsp3) is 0.526. The van der Waals surface area contributed by atoms with E-state index in [1.165, 1.54) is 37.8 Å². The molecule has 0 aromatic carbocycles. The number of fused-ring (bicyclic) bond motifs is 2. The predicted octanol–water partition coefficient (Wildman–Crippen LogP) is 4.06. The first kappa shape index (κ1) is 14.9. The van der Waals surface area contributed by atoms with E-state index in [0.29, 0.717) is 12.1 Å². The zero-order valence-electron chi connectivity index (χ0n) is 14.9. The van der Waals surface area contributed by atoms with Crippen molar-refractivity contribution in [3.05, 3.63) is 24.2 Å². The van der Waals surface area contributed by atoms with Crippen molar-refractivity contribution >= 4 is 16.7 Å². The van der Waals surface area contributed by atoms with Crippen LogP contribution >= 0.6 is 0 Å². The summed E-state index contributed by atoms with van der Waals surface area (Å²) in [4.78, 5) is 7.32. The van der Waals surface area contributed by atoms with Gasteiger partial charge in [-0.25, -0.2) is 4.98 Å². The number of aromatic nitrogens is 5. The molecule has 3 aromatic rings. The second kappa shape index (κ2) is 5.58. The molecular formula is C19H24N6. The quantitative estimate of drug-likeness (QED) is 0.767. The third kappa shape index (κ3) is 2.19. The summed E-state index contributed by atoms with van der Waals surface area (Å²) in [5.41, 5.74) is 4.46. The number of nitrogens with zero attached hydrogens (tertiary/aromatic N) is 5. The SMILES string of the molecule is CC(C)n1ncc2c1CN(C1CCCCC1)c1nccc3[nH]nc-2c13. The van der Waals surface area contributed by atoms with Crippen LogP contribution in [0.4, 0.5) is 5.82 Å². The maximum absolute atomic E-state index is 4.80. The van der Waals surface area contributed by atoms with E-state index in [2.05, 4.69) is 38.7 Å². The van der Waals surface area contributed by atoms with Crippen molar-refractivity contribution in [2.24, 2.45) is 0 Å². The molecule has 0 saturated heterocycles. The molecule has 1 fully saturated rings. The Bertz CT molecular complexity index is 915. The minimum atomic E-state index is 0.334. The second-order valence-electron chi connectivity index (χ2n) is 7.59. The van der Waals surface area contributed by atoms with Crippen LogP contribution in [0.25, 0.3) is 22.2 Å². The molecule has 5 rings (SSSR count). The normalized spacial score (nSPS) is 18.0. The Balaban J connectivity index is 1.75. The van der Waals surface area contributed by atoms with E-state index in [1.54, 1.807) is 0 Å². The molecule has 0 bridgehead atoms. The van der Waals surface area contributed by atoms with Gasteiger partial charge < -0.3 is 4.90 Å². The van der Waals surface area contributed by atoms with Gasteiger partial charge in [0.2, 0.25) is 0 Å². The fourth-order valence-corrected chi connectivity index (χ4v) is 4.48. The van der Waals surface area contributed by atoms with Gasteiger partial charge in [0, 0.05) is 23.8 Å². The first-order valence-corrected chi connectivity index (χ1v) is 9.40. The molecule has 6 heteroatoms. The van der Waals surface area contributed by atoms with Gasteiger partial charge in [-0.1, -0.05) is 19.3 Å². The van der Waals surface area contributed by atoms with Crippen molar-refractivity contribution in [3.8, 4) is 11.3 Å². The van der Waals surface area contributed by atoms with Gasteiger partial charge in [-0.3, -0.25) is 9.78 Å². The molecule has 1 saturated carbocycles. The highest BCUT2D eigenvalue weighted by molar-refractivity contribution is 6.02. The smallest absolute Gasteiger partial charge is 0.140 e. The summed E-state index contributed by atoms with van der Waals surface area (Å²) in [6.45, 7) is 5.24. The Labute approximate surface area is 147 Å². The van der Waals surface area contributed by atoms with Gasteiger partial charge in [0.15, 0.2) is 0 Å². The second-order valence-corrected chi connectivity index (χ2v) is 7.59. The molecule has 0 radical (unpaired) electrons. The lowest BCUT2D eigenvalue weighted by molar-refractivity contribution is 0.405. The van der Waals surface area contributed by atoms with Crippen LogP contribution < -0.4 is 4.90 Å². The summed E-state index contributed by atoms with van der Waals surface area (Å²) in [5.74, 6) is 1.08. The van der Waals surface area contributed by atoms with E-state index in [0.717, 1.165) is 34.5 Å². The number of H-pyrrole nitrogens is 1. The van der Waals surface area contributed by atoms with Crippen molar-refractivity contribution in [3.63, 3.8) is 0 Å². The van der Waals surface area contributed by atoms with E-state index in [9.17, 15) is 0 Å².